The molecule has 0 radical (unpaired) electrons. The quantitative estimate of drug-likeness (QED) is 0.423. The molecule has 1 amide bonds. The number of carbonyl (C=O) groups is 1. The molecular weight excluding hydrogens is 422 g/mol. The van der Waals surface area contributed by atoms with Crippen LogP contribution < -0.4 is 15.6 Å². The van der Waals surface area contributed by atoms with Gasteiger partial charge in [0.1, 0.15) is 17.3 Å². The van der Waals surface area contributed by atoms with Crippen LogP contribution in [-0.2, 0) is 11.2 Å². The van der Waals surface area contributed by atoms with Crippen molar-refractivity contribution in [2.75, 3.05) is 11.9 Å². The summed E-state index contributed by atoms with van der Waals surface area (Å²) in [6.45, 7) is 6.39. The van der Waals surface area contributed by atoms with Crippen molar-refractivity contribution < 1.29 is 13.9 Å². The number of aromatic amines is 1. The van der Waals surface area contributed by atoms with Gasteiger partial charge in [-0.25, -0.2) is 4.98 Å². The van der Waals surface area contributed by atoms with E-state index in [2.05, 4.69) is 20.4 Å². The van der Waals surface area contributed by atoms with E-state index in [1.165, 1.54) is 17.0 Å². The first-order valence-electron chi connectivity index (χ1n) is 10.7. The van der Waals surface area contributed by atoms with Crippen LogP contribution in [0.1, 0.15) is 37.9 Å². The number of carbonyl (C=O) groups excluding carboxylic acids is 1. The molecule has 0 aliphatic rings. The molecule has 2 N–H and O–H groups in total. The Labute approximate surface area is 190 Å². The summed E-state index contributed by atoms with van der Waals surface area (Å²) < 4.78 is 12.3. The summed E-state index contributed by atoms with van der Waals surface area (Å²) in [5, 5.41) is 7.39. The van der Waals surface area contributed by atoms with Gasteiger partial charge in [-0.2, -0.15) is 9.78 Å². The van der Waals surface area contributed by atoms with Gasteiger partial charge in [-0.05, 0) is 42.7 Å². The maximum atomic E-state index is 12.8. The molecule has 0 saturated carbocycles. The predicted octanol–water partition coefficient (Wildman–Crippen LogP) is 3.92. The van der Waals surface area contributed by atoms with Crippen molar-refractivity contribution in [1.29, 1.82) is 0 Å². The second kappa shape index (κ2) is 9.56. The van der Waals surface area contributed by atoms with E-state index in [0.717, 1.165) is 11.3 Å². The lowest BCUT2D eigenvalue weighted by molar-refractivity contribution is -0.115. The number of rotatable bonds is 8. The molecule has 0 aliphatic heterocycles. The highest BCUT2D eigenvalue weighted by atomic mass is 16.5. The summed E-state index contributed by atoms with van der Waals surface area (Å²) in [6.07, 6.45) is 1.70. The third kappa shape index (κ3) is 5.20. The van der Waals surface area contributed by atoms with E-state index in [4.69, 9.17) is 9.15 Å². The molecule has 4 aromatic rings. The molecule has 9 nitrogen and oxygen atoms in total. The van der Waals surface area contributed by atoms with Gasteiger partial charge in [0.05, 0.1) is 25.0 Å². The van der Waals surface area contributed by atoms with Crippen molar-refractivity contribution in [3.63, 3.8) is 0 Å². The molecule has 170 valence electrons. The van der Waals surface area contributed by atoms with Crippen LogP contribution in [0.3, 0.4) is 0 Å². The van der Waals surface area contributed by atoms with Crippen molar-refractivity contribution >= 4 is 11.7 Å². The Bertz CT molecular complexity index is 1290. The predicted molar refractivity (Wildman–Crippen MR) is 124 cm³/mol. The molecule has 0 spiro atoms. The van der Waals surface area contributed by atoms with Gasteiger partial charge in [0, 0.05) is 12.1 Å². The van der Waals surface area contributed by atoms with Gasteiger partial charge in [-0.15, -0.1) is 0 Å². The molecule has 4 rings (SSSR count). The normalized spacial score (nSPS) is 11.0. The molecule has 0 unspecified atom stereocenters. The average Bonchev–Trinajstić information content (AvgIpc) is 3.45. The van der Waals surface area contributed by atoms with Gasteiger partial charge < -0.3 is 14.5 Å². The molecule has 0 saturated heterocycles. The number of furan rings is 1. The van der Waals surface area contributed by atoms with E-state index in [-0.39, 0.29) is 29.8 Å². The van der Waals surface area contributed by atoms with Gasteiger partial charge in [-0.1, -0.05) is 26.0 Å². The molecule has 0 fully saturated rings. The highest BCUT2D eigenvalue weighted by molar-refractivity contribution is 5.92. The van der Waals surface area contributed by atoms with Crippen LogP contribution in [0.25, 0.3) is 17.4 Å². The SMILES string of the molecule is CCOc1ccc(CC(=O)Nc2cc(-c3ccco3)nn2-c2nc(C(C)C)cc(=O)[nH]2)cc1. The minimum Gasteiger partial charge on any atom is -0.494 e. The number of ether oxygens (including phenoxy) is 1. The zero-order valence-electron chi connectivity index (χ0n) is 18.7. The number of nitrogens with one attached hydrogen (secondary N) is 2. The van der Waals surface area contributed by atoms with Crippen molar-refractivity contribution in [3.8, 4) is 23.2 Å². The van der Waals surface area contributed by atoms with Crippen LogP contribution >= 0.6 is 0 Å². The van der Waals surface area contributed by atoms with Crippen molar-refractivity contribution in [3.05, 3.63) is 76.4 Å². The van der Waals surface area contributed by atoms with E-state index < -0.39 is 0 Å². The number of anilines is 1. The lowest BCUT2D eigenvalue weighted by Gasteiger charge is -2.10. The molecule has 1 aromatic carbocycles. The molecule has 0 aliphatic carbocycles. The Balaban J connectivity index is 1.64. The van der Waals surface area contributed by atoms with Crippen LogP contribution in [0.15, 0.2) is 64.0 Å². The van der Waals surface area contributed by atoms with E-state index in [0.29, 0.717) is 29.6 Å². The number of aromatic nitrogens is 4. The summed E-state index contributed by atoms with van der Waals surface area (Å²) in [4.78, 5) is 32.3. The topological polar surface area (TPSA) is 115 Å². The van der Waals surface area contributed by atoms with Crippen LogP contribution in [0.5, 0.6) is 5.75 Å². The Morgan fingerprint density at radius 1 is 1.21 bits per heavy atom. The first-order valence-corrected chi connectivity index (χ1v) is 10.7. The third-order valence-corrected chi connectivity index (χ3v) is 4.89. The monoisotopic (exact) mass is 447 g/mol. The Morgan fingerprint density at radius 2 is 2.00 bits per heavy atom. The number of nitrogens with zero attached hydrogens (tertiary/aromatic N) is 3. The van der Waals surface area contributed by atoms with E-state index >= 15 is 0 Å². The largest absolute Gasteiger partial charge is 0.494 e. The minimum atomic E-state index is -0.301. The van der Waals surface area contributed by atoms with Crippen molar-refractivity contribution in [2.45, 2.75) is 33.1 Å². The van der Waals surface area contributed by atoms with Gasteiger partial charge in [0.15, 0.2) is 5.76 Å². The number of H-pyrrole nitrogens is 1. The zero-order chi connectivity index (χ0) is 23.4. The second-order valence-corrected chi connectivity index (χ2v) is 7.75. The lowest BCUT2D eigenvalue weighted by Crippen LogP contribution is -2.20. The summed E-state index contributed by atoms with van der Waals surface area (Å²) in [5.41, 5.74) is 1.65. The first-order chi connectivity index (χ1) is 15.9. The fraction of sp³-hybridized carbons (Fsp3) is 0.250. The fourth-order valence-corrected chi connectivity index (χ4v) is 3.28. The van der Waals surface area contributed by atoms with Crippen LogP contribution in [0, 0.1) is 0 Å². The van der Waals surface area contributed by atoms with Crippen molar-refractivity contribution in [1.82, 2.24) is 19.7 Å². The Hall–Kier alpha value is -4.14. The standard InChI is InChI=1S/C24H25N5O4/c1-4-32-17-9-7-16(8-10-17)12-22(30)26-21-13-19(20-6-5-11-33-20)28-29(21)24-25-18(15(2)3)14-23(31)27-24/h5-11,13-15H,4,12H2,1-3H3,(H,26,30)(H,25,27,31). The minimum absolute atomic E-state index is 0.0452. The highest BCUT2D eigenvalue weighted by Crippen LogP contribution is 2.24. The van der Waals surface area contributed by atoms with Gasteiger partial charge in [-0.3, -0.25) is 14.6 Å². The number of hydrogen-bond acceptors (Lipinski definition) is 6. The smallest absolute Gasteiger partial charge is 0.252 e. The zero-order valence-corrected chi connectivity index (χ0v) is 18.7. The van der Waals surface area contributed by atoms with Crippen molar-refractivity contribution in [2.24, 2.45) is 0 Å². The van der Waals surface area contributed by atoms with Gasteiger partial charge in [0.2, 0.25) is 11.9 Å². The average molecular weight is 447 g/mol. The molecule has 3 heterocycles. The number of amides is 1. The van der Waals surface area contributed by atoms with Gasteiger partial charge >= 0.3 is 0 Å². The summed E-state index contributed by atoms with van der Waals surface area (Å²) in [7, 11) is 0. The van der Waals surface area contributed by atoms with Crippen LogP contribution in [-0.4, -0.2) is 32.3 Å². The maximum Gasteiger partial charge on any atom is 0.252 e. The van der Waals surface area contributed by atoms with E-state index in [1.807, 2.05) is 45.0 Å². The number of benzene rings is 1. The lowest BCUT2D eigenvalue weighted by atomic mass is 10.1. The summed E-state index contributed by atoms with van der Waals surface area (Å²) >= 11 is 0. The number of hydrogen-bond donors (Lipinski definition) is 2. The van der Waals surface area contributed by atoms with Crippen LogP contribution in [0.4, 0.5) is 5.82 Å². The first kappa shape index (κ1) is 22.1. The molecule has 0 atom stereocenters. The molecule has 0 bridgehead atoms. The third-order valence-electron chi connectivity index (χ3n) is 4.89. The molecular formula is C24H25N5O4. The molecule has 3 aromatic heterocycles. The summed E-state index contributed by atoms with van der Waals surface area (Å²) in [5.74, 6) is 1.65. The molecule has 9 heteroatoms. The fourth-order valence-electron chi connectivity index (χ4n) is 3.28. The van der Waals surface area contributed by atoms with Gasteiger partial charge in [0.25, 0.3) is 5.56 Å². The van der Waals surface area contributed by atoms with E-state index in [1.54, 1.807) is 18.2 Å². The Morgan fingerprint density at radius 3 is 2.67 bits per heavy atom. The summed E-state index contributed by atoms with van der Waals surface area (Å²) in [6, 6.07) is 14.0. The maximum absolute atomic E-state index is 12.8. The van der Waals surface area contributed by atoms with Crippen LogP contribution in [0.2, 0.25) is 0 Å². The molecule has 33 heavy (non-hydrogen) atoms. The second-order valence-electron chi connectivity index (χ2n) is 7.75. The van der Waals surface area contributed by atoms with E-state index in [9.17, 15) is 9.59 Å². The highest BCUT2D eigenvalue weighted by Gasteiger charge is 2.18. The Kier molecular flexibility index (Phi) is 6.39.